The molecule has 0 aliphatic heterocycles. The lowest BCUT2D eigenvalue weighted by molar-refractivity contribution is 0.134. The molecule has 1 aromatic rings. The molecule has 0 radical (unpaired) electrons. The highest BCUT2D eigenvalue weighted by molar-refractivity contribution is 7.80. The molecule has 17 heavy (non-hydrogen) atoms. The Morgan fingerprint density at radius 3 is 2.65 bits per heavy atom. The van der Waals surface area contributed by atoms with Gasteiger partial charge in [0.05, 0.1) is 11.6 Å². The van der Waals surface area contributed by atoms with Crippen molar-refractivity contribution in [2.24, 2.45) is 5.73 Å². The molecule has 0 aromatic heterocycles. The van der Waals surface area contributed by atoms with Gasteiger partial charge in [-0.3, -0.25) is 0 Å². The van der Waals surface area contributed by atoms with Crippen LogP contribution in [0.2, 0.25) is 0 Å². The molecule has 1 atom stereocenters. The minimum Gasteiger partial charge on any atom is -0.445 e. The number of carbonyl (C=O) groups excluding carboxylic acids is 1. The van der Waals surface area contributed by atoms with Gasteiger partial charge in [-0.05, 0) is 5.56 Å². The minimum absolute atomic E-state index is 0.0177. The van der Waals surface area contributed by atoms with Crippen LogP contribution in [0.25, 0.3) is 0 Å². The second-order valence-electron chi connectivity index (χ2n) is 3.34. The number of thiocarbonyl (C=S) groups is 1. The molecule has 1 rings (SSSR count). The Kier molecular flexibility index (Phi) is 5.38. The Hall–Kier alpha value is -1.66. The largest absolute Gasteiger partial charge is 0.445 e. The van der Waals surface area contributed by atoms with Crippen LogP contribution in [0.15, 0.2) is 30.3 Å². The van der Waals surface area contributed by atoms with Gasteiger partial charge >= 0.3 is 6.09 Å². The molecular formula is C11H14N2O3S. The van der Waals surface area contributed by atoms with E-state index < -0.39 is 12.1 Å². The number of aliphatic hydroxyl groups excluding tert-OH is 1. The fourth-order valence-electron chi connectivity index (χ4n) is 1.11. The standard InChI is InChI=1S/C11H14N2O3S/c12-10(17)9(6-14)13-11(15)16-7-8-4-2-1-3-5-8/h1-5,9,14H,6-7H2,(H2,12,17)(H,13,15)/t9-/m0/s1. The summed E-state index contributed by atoms with van der Waals surface area (Å²) in [6.45, 7) is -0.197. The van der Waals surface area contributed by atoms with Crippen LogP contribution in [0.3, 0.4) is 0 Å². The van der Waals surface area contributed by atoms with Crippen LogP contribution in [0, 0.1) is 0 Å². The Labute approximate surface area is 105 Å². The third-order valence-electron chi connectivity index (χ3n) is 2.03. The Balaban J connectivity index is 2.37. The van der Waals surface area contributed by atoms with E-state index in [1.54, 1.807) is 0 Å². The van der Waals surface area contributed by atoms with Gasteiger partial charge in [-0.15, -0.1) is 0 Å². The fraction of sp³-hybridized carbons (Fsp3) is 0.273. The molecule has 6 heteroatoms. The summed E-state index contributed by atoms with van der Waals surface area (Å²) < 4.78 is 4.93. The number of benzene rings is 1. The number of carbonyl (C=O) groups is 1. The SMILES string of the molecule is NC(=S)[C@H](CO)NC(=O)OCc1ccccc1. The zero-order valence-corrected chi connectivity index (χ0v) is 9.94. The van der Waals surface area contributed by atoms with E-state index in [-0.39, 0.29) is 18.2 Å². The second-order valence-corrected chi connectivity index (χ2v) is 3.82. The van der Waals surface area contributed by atoms with Crippen molar-refractivity contribution >= 4 is 23.3 Å². The van der Waals surface area contributed by atoms with Gasteiger partial charge in [0.2, 0.25) is 0 Å². The molecule has 0 spiro atoms. The van der Waals surface area contributed by atoms with E-state index in [0.717, 1.165) is 5.56 Å². The first-order chi connectivity index (χ1) is 8.13. The van der Waals surface area contributed by atoms with Crippen molar-refractivity contribution < 1.29 is 14.6 Å². The van der Waals surface area contributed by atoms with Crippen LogP contribution < -0.4 is 11.1 Å². The van der Waals surface area contributed by atoms with E-state index in [1.807, 2.05) is 30.3 Å². The Morgan fingerprint density at radius 2 is 2.12 bits per heavy atom. The summed E-state index contributed by atoms with van der Waals surface area (Å²) in [5.41, 5.74) is 6.18. The number of alkyl carbamates (subject to hydrolysis) is 1. The number of aliphatic hydroxyl groups is 1. The number of hydrogen-bond donors (Lipinski definition) is 3. The average molecular weight is 254 g/mol. The van der Waals surface area contributed by atoms with Gasteiger partial charge in [-0.1, -0.05) is 42.5 Å². The summed E-state index contributed by atoms with van der Waals surface area (Å²) in [6.07, 6.45) is -0.666. The molecule has 1 amide bonds. The van der Waals surface area contributed by atoms with Gasteiger partial charge in [-0.25, -0.2) is 4.79 Å². The smallest absolute Gasteiger partial charge is 0.408 e. The highest BCUT2D eigenvalue weighted by Crippen LogP contribution is 2.00. The van der Waals surface area contributed by atoms with Crippen LogP contribution in [0.4, 0.5) is 4.79 Å². The van der Waals surface area contributed by atoms with E-state index in [4.69, 9.17) is 15.6 Å². The molecule has 0 saturated carbocycles. The zero-order chi connectivity index (χ0) is 12.7. The molecule has 4 N–H and O–H groups in total. The molecule has 0 unspecified atom stereocenters. The highest BCUT2D eigenvalue weighted by Gasteiger charge is 2.14. The molecular weight excluding hydrogens is 240 g/mol. The number of hydrogen-bond acceptors (Lipinski definition) is 4. The van der Waals surface area contributed by atoms with Gasteiger partial charge in [0.15, 0.2) is 0 Å². The van der Waals surface area contributed by atoms with Crippen molar-refractivity contribution in [2.45, 2.75) is 12.6 Å². The van der Waals surface area contributed by atoms with Crippen molar-refractivity contribution in [2.75, 3.05) is 6.61 Å². The van der Waals surface area contributed by atoms with Crippen molar-refractivity contribution in [1.82, 2.24) is 5.32 Å². The summed E-state index contributed by atoms with van der Waals surface area (Å²) in [5, 5.41) is 11.3. The average Bonchev–Trinajstić information content (AvgIpc) is 2.34. The molecule has 0 aliphatic rings. The van der Waals surface area contributed by atoms with Crippen LogP contribution in [0.5, 0.6) is 0 Å². The van der Waals surface area contributed by atoms with Crippen LogP contribution in [0.1, 0.15) is 5.56 Å². The monoisotopic (exact) mass is 254 g/mol. The van der Waals surface area contributed by atoms with Crippen molar-refractivity contribution in [3.63, 3.8) is 0 Å². The molecule has 0 heterocycles. The molecule has 0 saturated heterocycles. The number of ether oxygens (including phenoxy) is 1. The third kappa shape index (κ3) is 4.80. The number of rotatable bonds is 5. The van der Waals surface area contributed by atoms with E-state index >= 15 is 0 Å². The quantitative estimate of drug-likeness (QED) is 0.669. The first-order valence-electron chi connectivity index (χ1n) is 5.01. The van der Waals surface area contributed by atoms with Gasteiger partial charge in [0, 0.05) is 0 Å². The lowest BCUT2D eigenvalue weighted by atomic mass is 10.2. The summed E-state index contributed by atoms with van der Waals surface area (Å²) >= 11 is 4.66. The predicted octanol–water partition coefficient (Wildman–Crippen LogP) is 0.560. The minimum atomic E-state index is -0.756. The van der Waals surface area contributed by atoms with Gasteiger partial charge in [0.25, 0.3) is 0 Å². The number of amides is 1. The maximum atomic E-state index is 11.3. The van der Waals surface area contributed by atoms with Gasteiger partial charge in [-0.2, -0.15) is 0 Å². The summed E-state index contributed by atoms with van der Waals surface area (Å²) in [6, 6.07) is 8.49. The summed E-state index contributed by atoms with van der Waals surface area (Å²) in [7, 11) is 0. The third-order valence-corrected chi connectivity index (χ3v) is 2.32. The van der Waals surface area contributed by atoms with E-state index in [2.05, 4.69) is 17.5 Å². The van der Waals surface area contributed by atoms with Crippen molar-refractivity contribution in [1.29, 1.82) is 0 Å². The van der Waals surface area contributed by atoms with E-state index in [9.17, 15) is 4.79 Å². The fourth-order valence-corrected chi connectivity index (χ4v) is 1.25. The number of nitrogens with one attached hydrogen (secondary N) is 1. The maximum absolute atomic E-state index is 11.3. The first kappa shape index (κ1) is 13.4. The molecule has 1 aromatic carbocycles. The molecule has 0 bridgehead atoms. The molecule has 0 aliphatic carbocycles. The maximum Gasteiger partial charge on any atom is 0.408 e. The van der Waals surface area contributed by atoms with E-state index in [0.29, 0.717) is 0 Å². The number of nitrogens with two attached hydrogens (primary N) is 1. The van der Waals surface area contributed by atoms with Crippen LogP contribution >= 0.6 is 12.2 Å². The van der Waals surface area contributed by atoms with E-state index in [1.165, 1.54) is 0 Å². The van der Waals surface area contributed by atoms with Crippen LogP contribution in [-0.2, 0) is 11.3 Å². The summed E-state index contributed by atoms with van der Waals surface area (Å²) in [5.74, 6) is 0. The predicted molar refractivity (Wildman–Crippen MR) is 67.4 cm³/mol. The highest BCUT2D eigenvalue weighted by atomic mass is 32.1. The normalized spacial score (nSPS) is 11.6. The van der Waals surface area contributed by atoms with Crippen LogP contribution in [-0.4, -0.2) is 28.8 Å². The van der Waals surface area contributed by atoms with Gasteiger partial charge in [0.1, 0.15) is 12.6 Å². The lowest BCUT2D eigenvalue weighted by Gasteiger charge is -2.14. The Bertz CT molecular complexity index is 384. The topological polar surface area (TPSA) is 84.6 Å². The molecule has 5 nitrogen and oxygen atoms in total. The van der Waals surface area contributed by atoms with Crippen molar-refractivity contribution in [3.05, 3.63) is 35.9 Å². The lowest BCUT2D eigenvalue weighted by Crippen LogP contribution is -2.46. The van der Waals surface area contributed by atoms with Crippen molar-refractivity contribution in [3.8, 4) is 0 Å². The summed E-state index contributed by atoms with van der Waals surface area (Å²) in [4.78, 5) is 11.3. The first-order valence-corrected chi connectivity index (χ1v) is 5.41. The molecule has 0 fully saturated rings. The molecule has 92 valence electrons. The second kappa shape index (κ2) is 6.82. The Morgan fingerprint density at radius 1 is 1.47 bits per heavy atom. The van der Waals surface area contributed by atoms with Gasteiger partial charge < -0.3 is 20.9 Å². The zero-order valence-electron chi connectivity index (χ0n) is 9.13.